The predicted molar refractivity (Wildman–Crippen MR) is 118 cm³/mol. The first-order chi connectivity index (χ1) is 14.2. The number of aryl methyl sites for hydroxylation is 1. The number of aromatic nitrogens is 2. The average molecular weight is 415 g/mol. The number of nitrogens with one attached hydrogen (secondary N) is 2. The fraction of sp³-hybridized carbons (Fsp3) is 0.545. The highest BCUT2D eigenvalue weighted by Gasteiger charge is 2.18. The summed E-state index contributed by atoms with van der Waals surface area (Å²) in [6.07, 6.45) is -0.595. The maximum absolute atomic E-state index is 10.2. The minimum absolute atomic E-state index is 0.135. The summed E-state index contributed by atoms with van der Waals surface area (Å²) in [6.45, 7) is 12.1. The maximum Gasteiger partial charge on any atom is 0.195 e. The van der Waals surface area contributed by atoms with Gasteiger partial charge in [-0.1, -0.05) is 18.2 Å². The van der Waals surface area contributed by atoms with Gasteiger partial charge in [-0.25, -0.2) is 0 Å². The Morgan fingerprint density at radius 2 is 1.90 bits per heavy atom. The largest absolute Gasteiger partial charge is 0.491 e. The van der Waals surface area contributed by atoms with E-state index in [1.165, 1.54) is 0 Å². The lowest BCUT2D eigenvalue weighted by molar-refractivity contribution is 0.0984. The van der Waals surface area contributed by atoms with Crippen LogP contribution in [0.15, 0.2) is 46.6 Å². The molecule has 164 valence electrons. The molecule has 1 atom stereocenters. The standard InChI is InChI=1S/C22H34N6O2/c1-16(2)25-27-21-11-10-18(26-28-21)12-23-15-22(4,5)24-13-19(29)14-30-20-9-7-6-8-17(20)3/h6-11,16,19,23-24,29H,12-15H2,1-5H3. The van der Waals surface area contributed by atoms with E-state index < -0.39 is 6.10 Å². The van der Waals surface area contributed by atoms with Gasteiger partial charge in [0.1, 0.15) is 18.5 Å². The second kappa shape index (κ2) is 11.7. The minimum Gasteiger partial charge on any atom is -0.491 e. The molecule has 0 spiro atoms. The molecular formula is C22H34N6O2. The van der Waals surface area contributed by atoms with Crippen LogP contribution in [0.1, 0.15) is 39.0 Å². The lowest BCUT2D eigenvalue weighted by Gasteiger charge is -2.28. The monoisotopic (exact) mass is 414 g/mol. The SMILES string of the molecule is Cc1ccccc1OCC(O)CNC(C)(C)CNCc1ccc(N=NC(C)C)nn1. The van der Waals surface area contributed by atoms with Gasteiger partial charge in [0.15, 0.2) is 5.82 Å². The first-order valence-corrected chi connectivity index (χ1v) is 10.3. The molecule has 0 fully saturated rings. The van der Waals surface area contributed by atoms with Crippen molar-refractivity contribution in [1.29, 1.82) is 0 Å². The van der Waals surface area contributed by atoms with Gasteiger partial charge in [0, 0.05) is 25.2 Å². The zero-order valence-corrected chi connectivity index (χ0v) is 18.6. The van der Waals surface area contributed by atoms with Crippen LogP contribution in [-0.2, 0) is 6.54 Å². The number of rotatable bonds is 12. The number of hydrogen-bond acceptors (Lipinski definition) is 8. The van der Waals surface area contributed by atoms with Crippen LogP contribution in [0.2, 0.25) is 0 Å². The van der Waals surface area contributed by atoms with E-state index in [4.69, 9.17) is 4.74 Å². The van der Waals surface area contributed by atoms with Gasteiger partial charge in [-0.3, -0.25) is 0 Å². The van der Waals surface area contributed by atoms with Crippen LogP contribution in [0.4, 0.5) is 5.82 Å². The molecule has 1 aromatic carbocycles. The molecule has 0 aliphatic carbocycles. The van der Waals surface area contributed by atoms with Crippen LogP contribution < -0.4 is 15.4 Å². The van der Waals surface area contributed by atoms with Crippen molar-refractivity contribution in [3.63, 3.8) is 0 Å². The van der Waals surface area contributed by atoms with Gasteiger partial charge < -0.3 is 20.5 Å². The molecule has 1 heterocycles. The quantitative estimate of drug-likeness (QED) is 0.461. The van der Waals surface area contributed by atoms with Crippen molar-refractivity contribution in [1.82, 2.24) is 20.8 Å². The summed E-state index contributed by atoms with van der Waals surface area (Å²) in [5.41, 5.74) is 1.69. The van der Waals surface area contributed by atoms with Crippen molar-refractivity contribution >= 4 is 5.82 Å². The fourth-order valence-corrected chi connectivity index (χ4v) is 2.60. The van der Waals surface area contributed by atoms with Gasteiger partial charge in [0.25, 0.3) is 0 Å². The lowest BCUT2D eigenvalue weighted by atomic mass is 10.1. The number of para-hydroxylation sites is 1. The third-order valence-corrected chi connectivity index (χ3v) is 4.31. The topological polar surface area (TPSA) is 104 Å². The van der Waals surface area contributed by atoms with Crippen LogP contribution in [0.25, 0.3) is 0 Å². The molecule has 1 aromatic heterocycles. The summed E-state index contributed by atoms with van der Waals surface area (Å²) in [7, 11) is 0. The molecule has 0 aliphatic heterocycles. The summed E-state index contributed by atoms with van der Waals surface area (Å²) in [6, 6.07) is 11.6. The van der Waals surface area contributed by atoms with Gasteiger partial charge in [-0.05, 0) is 58.4 Å². The van der Waals surface area contributed by atoms with E-state index in [1.807, 2.05) is 57.2 Å². The highest BCUT2D eigenvalue weighted by Crippen LogP contribution is 2.16. The number of β-amino-alcohol motifs (C(OH)–C–C–N with tert-alkyl or cyclic N) is 1. The molecule has 8 heteroatoms. The lowest BCUT2D eigenvalue weighted by Crippen LogP contribution is -2.50. The number of aliphatic hydroxyl groups is 1. The summed E-state index contributed by atoms with van der Waals surface area (Å²) in [5.74, 6) is 1.31. The third-order valence-electron chi connectivity index (χ3n) is 4.31. The van der Waals surface area contributed by atoms with E-state index in [0.29, 0.717) is 25.5 Å². The molecule has 0 saturated heterocycles. The highest BCUT2D eigenvalue weighted by atomic mass is 16.5. The molecule has 0 amide bonds. The Kier molecular flexibility index (Phi) is 9.29. The summed E-state index contributed by atoms with van der Waals surface area (Å²) >= 11 is 0. The number of aliphatic hydroxyl groups excluding tert-OH is 1. The van der Waals surface area contributed by atoms with E-state index in [0.717, 1.165) is 17.0 Å². The Bertz CT molecular complexity index is 792. The molecule has 0 aliphatic rings. The van der Waals surface area contributed by atoms with Crippen molar-refractivity contribution in [2.24, 2.45) is 10.2 Å². The first kappa shape index (κ1) is 23.9. The Hall–Kier alpha value is -2.42. The van der Waals surface area contributed by atoms with Gasteiger partial charge in [-0.2, -0.15) is 10.2 Å². The van der Waals surface area contributed by atoms with Crippen molar-refractivity contribution in [3.8, 4) is 5.75 Å². The number of nitrogens with zero attached hydrogens (tertiary/aromatic N) is 4. The van der Waals surface area contributed by atoms with E-state index in [2.05, 4.69) is 44.9 Å². The molecule has 1 unspecified atom stereocenters. The van der Waals surface area contributed by atoms with Crippen molar-refractivity contribution in [2.75, 3.05) is 19.7 Å². The van der Waals surface area contributed by atoms with E-state index in [1.54, 1.807) is 0 Å². The average Bonchev–Trinajstić information content (AvgIpc) is 2.71. The van der Waals surface area contributed by atoms with Crippen LogP contribution >= 0.6 is 0 Å². The molecular weight excluding hydrogens is 380 g/mol. The molecule has 3 N–H and O–H groups in total. The smallest absolute Gasteiger partial charge is 0.195 e. The normalized spacial score (nSPS) is 13.2. The molecule has 2 rings (SSSR count). The highest BCUT2D eigenvalue weighted by molar-refractivity contribution is 5.31. The Balaban J connectivity index is 1.69. The van der Waals surface area contributed by atoms with Crippen LogP contribution in [0.5, 0.6) is 5.75 Å². The summed E-state index contributed by atoms with van der Waals surface area (Å²) < 4.78 is 5.71. The summed E-state index contributed by atoms with van der Waals surface area (Å²) in [4.78, 5) is 0. The number of hydrogen-bond donors (Lipinski definition) is 3. The molecule has 2 aromatic rings. The molecule has 8 nitrogen and oxygen atoms in total. The Morgan fingerprint density at radius 3 is 2.57 bits per heavy atom. The second-order valence-corrected chi connectivity index (χ2v) is 8.29. The third kappa shape index (κ3) is 8.94. The molecule has 0 radical (unpaired) electrons. The first-order valence-electron chi connectivity index (χ1n) is 10.3. The molecule has 0 saturated carbocycles. The van der Waals surface area contributed by atoms with Crippen molar-refractivity contribution in [2.45, 2.75) is 58.8 Å². The Labute approximate surface area is 179 Å². The zero-order valence-electron chi connectivity index (χ0n) is 18.6. The number of benzene rings is 1. The minimum atomic E-state index is -0.595. The van der Waals surface area contributed by atoms with Gasteiger partial charge in [0.05, 0.1) is 11.7 Å². The van der Waals surface area contributed by atoms with E-state index in [-0.39, 0.29) is 18.2 Å². The molecule has 0 bridgehead atoms. The molecule has 30 heavy (non-hydrogen) atoms. The zero-order chi connectivity index (χ0) is 22.0. The number of azo groups is 1. The summed E-state index contributed by atoms with van der Waals surface area (Å²) in [5, 5.41) is 33.3. The second-order valence-electron chi connectivity index (χ2n) is 8.29. The van der Waals surface area contributed by atoms with E-state index >= 15 is 0 Å². The van der Waals surface area contributed by atoms with Gasteiger partial charge in [0.2, 0.25) is 0 Å². The maximum atomic E-state index is 10.2. The van der Waals surface area contributed by atoms with E-state index in [9.17, 15) is 5.11 Å². The van der Waals surface area contributed by atoms with Crippen LogP contribution in [0.3, 0.4) is 0 Å². The predicted octanol–water partition coefficient (Wildman–Crippen LogP) is 3.17. The van der Waals surface area contributed by atoms with Crippen LogP contribution in [0, 0.1) is 6.92 Å². The van der Waals surface area contributed by atoms with Gasteiger partial charge in [-0.15, -0.1) is 10.2 Å². The van der Waals surface area contributed by atoms with Crippen molar-refractivity contribution < 1.29 is 9.84 Å². The van der Waals surface area contributed by atoms with Gasteiger partial charge >= 0.3 is 0 Å². The van der Waals surface area contributed by atoms with Crippen LogP contribution in [-0.4, -0.2) is 52.7 Å². The van der Waals surface area contributed by atoms with Crippen molar-refractivity contribution in [3.05, 3.63) is 47.7 Å². The Morgan fingerprint density at radius 1 is 1.13 bits per heavy atom. The fourth-order valence-electron chi connectivity index (χ4n) is 2.60. The number of ether oxygens (including phenoxy) is 1.